The van der Waals surface area contributed by atoms with Crippen LogP contribution in [0.3, 0.4) is 0 Å². The van der Waals surface area contributed by atoms with Crippen molar-refractivity contribution in [2.75, 3.05) is 27.2 Å². The maximum atomic E-state index is 12.6. The van der Waals surface area contributed by atoms with E-state index in [-0.39, 0.29) is 11.3 Å². The molecule has 0 bridgehead atoms. The van der Waals surface area contributed by atoms with Crippen molar-refractivity contribution in [2.45, 2.75) is 12.8 Å². The highest BCUT2D eigenvalue weighted by atomic mass is 16.2. The number of carbonyl (C=O) groups is 1. The SMILES string of the molecule is CN(C)C(=O)[C@]1(Cc2ccc(-c3ccccc3)cc2)CCNC1. The molecule has 0 unspecified atom stereocenters. The van der Waals surface area contributed by atoms with E-state index in [2.05, 4.69) is 53.8 Å². The predicted molar refractivity (Wildman–Crippen MR) is 94.2 cm³/mol. The number of carbonyl (C=O) groups excluding carboxylic acids is 1. The van der Waals surface area contributed by atoms with Gasteiger partial charge in [-0.05, 0) is 36.1 Å². The Labute approximate surface area is 138 Å². The molecule has 1 heterocycles. The van der Waals surface area contributed by atoms with E-state index >= 15 is 0 Å². The lowest BCUT2D eigenvalue weighted by Crippen LogP contribution is -2.43. The summed E-state index contributed by atoms with van der Waals surface area (Å²) in [5.41, 5.74) is 3.37. The standard InChI is InChI=1S/C20H24N2O/c1-22(2)19(23)20(12-13-21-15-20)14-16-8-10-18(11-9-16)17-6-4-3-5-7-17/h3-11,21H,12-15H2,1-2H3/t20-/m0/s1. The molecule has 1 N–H and O–H groups in total. The molecule has 1 aliphatic rings. The molecular formula is C20H24N2O. The molecule has 2 aromatic carbocycles. The van der Waals surface area contributed by atoms with Gasteiger partial charge in [0.05, 0.1) is 5.41 Å². The van der Waals surface area contributed by atoms with Gasteiger partial charge in [0.15, 0.2) is 0 Å². The average molecular weight is 308 g/mol. The third-order valence-electron chi connectivity index (χ3n) is 4.71. The maximum Gasteiger partial charge on any atom is 0.229 e. The first-order chi connectivity index (χ1) is 11.1. The van der Waals surface area contributed by atoms with Gasteiger partial charge in [-0.25, -0.2) is 0 Å². The quantitative estimate of drug-likeness (QED) is 0.942. The molecule has 0 aromatic heterocycles. The minimum absolute atomic E-state index is 0.231. The van der Waals surface area contributed by atoms with E-state index in [1.54, 1.807) is 4.90 Å². The zero-order chi connectivity index (χ0) is 16.3. The molecule has 0 saturated carbocycles. The number of hydrogen-bond acceptors (Lipinski definition) is 2. The van der Waals surface area contributed by atoms with Crippen molar-refractivity contribution in [1.29, 1.82) is 0 Å². The van der Waals surface area contributed by atoms with Crippen LogP contribution >= 0.6 is 0 Å². The summed E-state index contributed by atoms with van der Waals surface area (Å²) in [4.78, 5) is 14.4. The van der Waals surface area contributed by atoms with Gasteiger partial charge >= 0.3 is 0 Å². The van der Waals surface area contributed by atoms with Crippen LogP contribution in [0.4, 0.5) is 0 Å². The van der Waals surface area contributed by atoms with Crippen LogP contribution in [-0.2, 0) is 11.2 Å². The van der Waals surface area contributed by atoms with E-state index < -0.39 is 0 Å². The monoisotopic (exact) mass is 308 g/mol. The minimum atomic E-state index is -0.294. The minimum Gasteiger partial charge on any atom is -0.348 e. The van der Waals surface area contributed by atoms with E-state index in [0.717, 1.165) is 25.9 Å². The van der Waals surface area contributed by atoms with Crippen molar-refractivity contribution in [3.8, 4) is 11.1 Å². The molecule has 3 heteroatoms. The summed E-state index contributed by atoms with van der Waals surface area (Å²) in [5.74, 6) is 0.231. The Balaban J connectivity index is 1.81. The van der Waals surface area contributed by atoms with Crippen LogP contribution in [0.5, 0.6) is 0 Å². The second-order valence-corrected chi connectivity index (χ2v) is 6.65. The molecule has 1 atom stereocenters. The Morgan fingerprint density at radius 3 is 2.26 bits per heavy atom. The van der Waals surface area contributed by atoms with Crippen molar-refractivity contribution < 1.29 is 4.79 Å². The normalized spacial score (nSPS) is 20.4. The lowest BCUT2D eigenvalue weighted by molar-refractivity contribution is -0.138. The summed E-state index contributed by atoms with van der Waals surface area (Å²) in [6.45, 7) is 1.69. The highest BCUT2D eigenvalue weighted by Gasteiger charge is 2.42. The topological polar surface area (TPSA) is 32.3 Å². The molecule has 1 fully saturated rings. The third-order valence-corrected chi connectivity index (χ3v) is 4.71. The molecule has 1 saturated heterocycles. The van der Waals surface area contributed by atoms with E-state index in [1.165, 1.54) is 16.7 Å². The second kappa shape index (κ2) is 6.55. The molecule has 3 rings (SSSR count). The first-order valence-corrected chi connectivity index (χ1v) is 8.18. The Bertz CT molecular complexity index is 656. The molecule has 0 aliphatic carbocycles. The van der Waals surface area contributed by atoms with Gasteiger partial charge in [0, 0.05) is 20.6 Å². The molecule has 1 amide bonds. The highest BCUT2D eigenvalue weighted by Crippen LogP contribution is 2.32. The Kier molecular flexibility index (Phi) is 4.49. The van der Waals surface area contributed by atoms with Gasteiger partial charge in [0.2, 0.25) is 5.91 Å². The molecule has 0 spiro atoms. The van der Waals surface area contributed by atoms with Gasteiger partial charge < -0.3 is 10.2 Å². The second-order valence-electron chi connectivity index (χ2n) is 6.65. The molecule has 120 valence electrons. The lowest BCUT2D eigenvalue weighted by atomic mass is 9.79. The fourth-order valence-corrected chi connectivity index (χ4v) is 3.46. The summed E-state index contributed by atoms with van der Waals surface area (Å²) in [6.07, 6.45) is 1.70. The number of nitrogens with zero attached hydrogens (tertiary/aromatic N) is 1. The van der Waals surface area contributed by atoms with Crippen molar-refractivity contribution in [3.63, 3.8) is 0 Å². The summed E-state index contributed by atoms with van der Waals surface area (Å²) in [7, 11) is 3.70. The van der Waals surface area contributed by atoms with Gasteiger partial charge in [-0.15, -0.1) is 0 Å². The molecule has 2 aromatic rings. The Hall–Kier alpha value is -2.13. The van der Waals surface area contributed by atoms with E-state index in [9.17, 15) is 4.79 Å². The fourth-order valence-electron chi connectivity index (χ4n) is 3.46. The number of amides is 1. The van der Waals surface area contributed by atoms with E-state index in [1.807, 2.05) is 20.2 Å². The van der Waals surface area contributed by atoms with Gasteiger partial charge in [0.25, 0.3) is 0 Å². The summed E-state index contributed by atoms with van der Waals surface area (Å²) in [6, 6.07) is 19.0. The molecule has 0 radical (unpaired) electrons. The van der Waals surface area contributed by atoms with Gasteiger partial charge in [-0.3, -0.25) is 4.79 Å². The molecular weight excluding hydrogens is 284 g/mol. The number of rotatable bonds is 4. The van der Waals surface area contributed by atoms with Crippen molar-refractivity contribution in [2.24, 2.45) is 5.41 Å². The van der Waals surface area contributed by atoms with Gasteiger partial charge in [0.1, 0.15) is 0 Å². The van der Waals surface area contributed by atoms with Crippen molar-refractivity contribution >= 4 is 5.91 Å². The van der Waals surface area contributed by atoms with Crippen LogP contribution in [-0.4, -0.2) is 38.0 Å². The van der Waals surface area contributed by atoms with Crippen molar-refractivity contribution in [3.05, 3.63) is 60.2 Å². The summed E-state index contributed by atoms with van der Waals surface area (Å²) >= 11 is 0. The molecule has 23 heavy (non-hydrogen) atoms. The lowest BCUT2D eigenvalue weighted by Gasteiger charge is -2.30. The van der Waals surface area contributed by atoms with Crippen LogP contribution in [0.15, 0.2) is 54.6 Å². The molecule has 3 nitrogen and oxygen atoms in total. The first kappa shape index (κ1) is 15.8. The zero-order valence-corrected chi connectivity index (χ0v) is 13.9. The Morgan fingerprint density at radius 2 is 1.70 bits per heavy atom. The predicted octanol–water partition coefficient (Wildman–Crippen LogP) is 2.96. The number of benzene rings is 2. The smallest absolute Gasteiger partial charge is 0.229 e. The van der Waals surface area contributed by atoms with Crippen LogP contribution in [0.25, 0.3) is 11.1 Å². The first-order valence-electron chi connectivity index (χ1n) is 8.18. The van der Waals surface area contributed by atoms with Crippen LogP contribution in [0.1, 0.15) is 12.0 Å². The average Bonchev–Trinajstić information content (AvgIpc) is 3.05. The zero-order valence-electron chi connectivity index (χ0n) is 13.9. The summed E-state index contributed by atoms with van der Waals surface area (Å²) in [5, 5.41) is 3.36. The highest BCUT2D eigenvalue weighted by molar-refractivity contribution is 5.83. The third kappa shape index (κ3) is 3.30. The molecule has 1 aliphatic heterocycles. The van der Waals surface area contributed by atoms with Crippen LogP contribution in [0, 0.1) is 5.41 Å². The summed E-state index contributed by atoms with van der Waals surface area (Å²) < 4.78 is 0. The number of hydrogen-bond donors (Lipinski definition) is 1. The maximum absolute atomic E-state index is 12.6. The fraction of sp³-hybridized carbons (Fsp3) is 0.350. The van der Waals surface area contributed by atoms with Crippen LogP contribution < -0.4 is 5.32 Å². The number of nitrogens with one attached hydrogen (secondary N) is 1. The van der Waals surface area contributed by atoms with Gasteiger partial charge in [-0.2, -0.15) is 0 Å². The van der Waals surface area contributed by atoms with E-state index in [4.69, 9.17) is 0 Å². The van der Waals surface area contributed by atoms with E-state index in [0.29, 0.717) is 0 Å². The largest absolute Gasteiger partial charge is 0.348 e. The Morgan fingerprint density at radius 1 is 1.04 bits per heavy atom. The van der Waals surface area contributed by atoms with Crippen LogP contribution in [0.2, 0.25) is 0 Å². The van der Waals surface area contributed by atoms with Crippen molar-refractivity contribution in [1.82, 2.24) is 10.2 Å². The van der Waals surface area contributed by atoms with Gasteiger partial charge in [-0.1, -0.05) is 54.6 Å².